The van der Waals surface area contributed by atoms with Crippen molar-refractivity contribution in [2.24, 2.45) is 0 Å². The fourth-order valence-corrected chi connectivity index (χ4v) is 1.92. The quantitative estimate of drug-likeness (QED) is 0.817. The molecule has 0 saturated carbocycles. The largest absolute Gasteiger partial charge is 0.477 e. The van der Waals surface area contributed by atoms with E-state index in [1.807, 2.05) is 37.4 Å². The van der Waals surface area contributed by atoms with Crippen LogP contribution in [0.25, 0.3) is 10.8 Å². The lowest BCUT2D eigenvalue weighted by molar-refractivity contribution is 0.325. The summed E-state index contributed by atoms with van der Waals surface area (Å²) in [4.78, 5) is 4.23. The molecule has 0 saturated heterocycles. The van der Waals surface area contributed by atoms with E-state index in [0.717, 1.165) is 15.2 Å². The van der Waals surface area contributed by atoms with Gasteiger partial charge in [0.05, 0.1) is 11.1 Å². The topological polar surface area (TPSA) is 22.1 Å². The molecule has 3 heteroatoms. The summed E-state index contributed by atoms with van der Waals surface area (Å²) in [6.07, 6.45) is 1.82. The van der Waals surface area contributed by atoms with E-state index in [-0.39, 0.29) is 0 Å². The molecule has 2 nitrogen and oxygen atoms in total. The fourth-order valence-electron chi connectivity index (χ4n) is 1.35. The van der Waals surface area contributed by atoms with Crippen molar-refractivity contribution in [1.29, 1.82) is 0 Å². The number of hydrogen-bond acceptors (Lipinski definition) is 2. The third kappa shape index (κ3) is 1.60. The Morgan fingerprint density at radius 1 is 1.36 bits per heavy atom. The molecule has 2 aromatic rings. The van der Waals surface area contributed by atoms with Crippen molar-refractivity contribution in [3.8, 4) is 5.88 Å². The first kappa shape index (κ1) is 9.46. The van der Waals surface area contributed by atoms with E-state index >= 15 is 0 Å². The maximum absolute atomic E-state index is 5.39. The number of halogens is 1. The summed E-state index contributed by atoms with van der Waals surface area (Å²) in [5.41, 5.74) is 0. The maximum atomic E-state index is 5.39. The maximum Gasteiger partial charge on any atom is 0.228 e. The normalized spacial score (nSPS) is 10.4. The summed E-state index contributed by atoms with van der Waals surface area (Å²) in [6.45, 7) is 2.58. The van der Waals surface area contributed by atoms with Crippen molar-refractivity contribution in [2.75, 3.05) is 6.61 Å². The SMILES string of the molecule is CCOc1ncc2ccccc2c1Br. The molecule has 1 heterocycles. The van der Waals surface area contributed by atoms with Crippen LogP contribution in [0.3, 0.4) is 0 Å². The molecule has 1 aromatic carbocycles. The molecule has 0 radical (unpaired) electrons. The van der Waals surface area contributed by atoms with Crippen molar-refractivity contribution >= 4 is 26.7 Å². The minimum absolute atomic E-state index is 0.629. The zero-order valence-corrected chi connectivity index (χ0v) is 9.41. The molecule has 0 atom stereocenters. The van der Waals surface area contributed by atoms with Gasteiger partial charge in [0.15, 0.2) is 0 Å². The predicted molar refractivity (Wildman–Crippen MR) is 60.6 cm³/mol. The number of nitrogens with zero attached hydrogens (tertiary/aromatic N) is 1. The van der Waals surface area contributed by atoms with Crippen LogP contribution in [0.15, 0.2) is 34.9 Å². The third-order valence-electron chi connectivity index (χ3n) is 1.99. The molecule has 1 aromatic heterocycles. The van der Waals surface area contributed by atoms with Gasteiger partial charge in [0, 0.05) is 17.0 Å². The molecular formula is C11H10BrNO. The predicted octanol–water partition coefficient (Wildman–Crippen LogP) is 3.40. The van der Waals surface area contributed by atoms with Gasteiger partial charge in [-0.05, 0) is 22.9 Å². The summed E-state index contributed by atoms with van der Waals surface area (Å²) in [5, 5.41) is 2.24. The summed E-state index contributed by atoms with van der Waals surface area (Å²) in [5.74, 6) is 0.659. The second-order valence-electron chi connectivity index (χ2n) is 2.90. The zero-order chi connectivity index (χ0) is 9.97. The highest BCUT2D eigenvalue weighted by Gasteiger charge is 2.05. The van der Waals surface area contributed by atoms with Crippen LogP contribution in [-0.4, -0.2) is 11.6 Å². The van der Waals surface area contributed by atoms with Gasteiger partial charge in [-0.3, -0.25) is 0 Å². The molecule has 0 aliphatic carbocycles. The highest BCUT2D eigenvalue weighted by Crippen LogP contribution is 2.30. The van der Waals surface area contributed by atoms with Gasteiger partial charge >= 0.3 is 0 Å². The monoisotopic (exact) mass is 251 g/mol. The molecule has 0 unspecified atom stereocenters. The first-order chi connectivity index (χ1) is 6.83. The highest BCUT2D eigenvalue weighted by molar-refractivity contribution is 9.10. The Morgan fingerprint density at radius 3 is 2.93 bits per heavy atom. The lowest BCUT2D eigenvalue weighted by Gasteiger charge is -2.06. The van der Waals surface area contributed by atoms with Crippen LogP contribution in [0.4, 0.5) is 0 Å². The van der Waals surface area contributed by atoms with E-state index < -0.39 is 0 Å². The van der Waals surface area contributed by atoms with Crippen LogP contribution < -0.4 is 4.74 Å². The van der Waals surface area contributed by atoms with E-state index in [9.17, 15) is 0 Å². The second-order valence-corrected chi connectivity index (χ2v) is 3.69. The summed E-state index contributed by atoms with van der Waals surface area (Å²) in [6, 6.07) is 8.08. The molecule has 2 rings (SSSR count). The van der Waals surface area contributed by atoms with Crippen LogP contribution >= 0.6 is 15.9 Å². The average molecular weight is 252 g/mol. The molecule has 0 bridgehead atoms. The van der Waals surface area contributed by atoms with E-state index in [1.54, 1.807) is 0 Å². The van der Waals surface area contributed by atoms with Gasteiger partial charge in [0.2, 0.25) is 5.88 Å². The van der Waals surface area contributed by atoms with Gasteiger partial charge in [-0.2, -0.15) is 0 Å². The Hall–Kier alpha value is -1.09. The van der Waals surface area contributed by atoms with Crippen LogP contribution in [0.1, 0.15) is 6.92 Å². The molecule has 72 valence electrons. The van der Waals surface area contributed by atoms with Crippen molar-refractivity contribution < 1.29 is 4.74 Å². The number of fused-ring (bicyclic) bond motifs is 1. The Labute approximate surface area is 91.0 Å². The number of benzene rings is 1. The van der Waals surface area contributed by atoms with Crippen molar-refractivity contribution in [3.63, 3.8) is 0 Å². The van der Waals surface area contributed by atoms with Crippen LogP contribution in [-0.2, 0) is 0 Å². The molecule has 0 amide bonds. The molecule has 0 aliphatic heterocycles. The van der Waals surface area contributed by atoms with Gasteiger partial charge < -0.3 is 4.74 Å². The fraction of sp³-hybridized carbons (Fsp3) is 0.182. The van der Waals surface area contributed by atoms with Crippen molar-refractivity contribution in [2.45, 2.75) is 6.92 Å². The number of ether oxygens (including phenoxy) is 1. The summed E-state index contributed by atoms with van der Waals surface area (Å²) < 4.78 is 6.31. The van der Waals surface area contributed by atoms with E-state index in [4.69, 9.17) is 4.74 Å². The molecule has 0 aliphatic rings. The van der Waals surface area contributed by atoms with E-state index in [1.165, 1.54) is 0 Å². The van der Waals surface area contributed by atoms with Crippen LogP contribution in [0, 0.1) is 0 Å². The van der Waals surface area contributed by atoms with Crippen LogP contribution in [0.2, 0.25) is 0 Å². The number of hydrogen-bond donors (Lipinski definition) is 0. The molecule has 0 N–H and O–H groups in total. The lowest BCUT2D eigenvalue weighted by atomic mass is 10.2. The summed E-state index contributed by atoms with van der Waals surface area (Å²) in [7, 11) is 0. The molecular weight excluding hydrogens is 242 g/mol. The van der Waals surface area contributed by atoms with Crippen molar-refractivity contribution in [3.05, 3.63) is 34.9 Å². The van der Waals surface area contributed by atoms with E-state index in [0.29, 0.717) is 12.5 Å². The zero-order valence-electron chi connectivity index (χ0n) is 7.83. The highest BCUT2D eigenvalue weighted by atomic mass is 79.9. The van der Waals surface area contributed by atoms with Crippen LogP contribution in [0.5, 0.6) is 5.88 Å². The minimum atomic E-state index is 0.629. The average Bonchev–Trinajstić information content (AvgIpc) is 2.23. The van der Waals surface area contributed by atoms with E-state index in [2.05, 4.69) is 20.9 Å². The number of aromatic nitrogens is 1. The standard InChI is InChI=1S/C11H10BrNO/c1-2-14-11-10(12)9-6-4-3-5-8(9)7-13-11/h3-7H,2H2,1H3. The smallest absolute Gasteiger partial charge is 0.228 e. The number of pyridine rings is 1. The lowest BCUT2D eigenvalue weighted by Crippen LogP contribution is -1.95. The first-order valence-electron chi connectivity index (χ1n) is 4.49. The van der Waals surface area contributed by atoms with Gasteiger partial charge in [-0.1, -0.05) is 24.3 Å². The summed E-state index contributed by atoms with van der Waals surface area (Å²) >= 11 is 3.50. The Bertz CT molecular complexity index is 456. The molecule has 14 heavy (non-hydrogen) atoms. The minimum Gasteiger partial charge on any atom is -0.477 e. The van der Waals surface area contributed by atoms with Crippen molar-refractivity contribution in [1.82, 2.24) is 4.98 Å². The number of rotatable bonds is 2. The second kappa shape index (κ2) is 3.96. The molecule has 0 fully saturated rings. The molecule has 0 spiro atoms. The van der Waals surface area contributed by atoms with Gasteiger partial charge in [0.25, 0.3) is 0 Å². The third-order valence-corrected chi connectivity index (χ3v) is 2.75. The Balaban J connectivity index is 2.63. The Kier molecular flexibility index (Phi) is 2.68. The van der Waals surface area contributed by atoms with Gasteiger partial charge in [-0.15, -0.1) is 0 Å². The van der Waals surface area contributed by atoms with Gasteiger partial charge in [-0.25, -0.2) is 4.98 Å². The van der Waals surface area contributed by atoms with Gasteiger partial charge in [0.1, 0.15) is 0 Å². The first-order valence-corrected chi connectivity index (χ1v) is 5.28. The Morgan fingerprint density at radius 2 is 2.14 bits per heavy atom.